The highest BCUT2D eigenvalue weighted by Crippen LogP contribution is 2.42. The Balaban J connectivity index is 1.80. The third-order valence-electron chi connectivity index (χ3n) is 4.92. The van der Waals surface area contributed by atoms with Gasteiger partial charge in [-0.05, 0) is 41.8 Å². The van der Waals surface area contributed by atoms with E-state index in [-0.39, 0.29) is 18.0 Å². The van der Waals surface area contributed by atoms with Gasteiger partial charge in [0, 0.05) is 11.9 Å². The van der Waals surface area contributed by atoms with Gasteiger partial charge in [-0.15, -0.1) is 0 Å². The lowest BCUT2D eigenvalue weighted by Crippen LogP contribution is -2.41. The maximum Gasteiger partial charge on any atom is 0.231 e. The van der Waals surface area contributed by atoms with E-state index in [0.717, 1.165) is 16.9 Å². The topological polar surface area (TPSA) is 60.2 Å². The summed E-state index contributed by atoms with van der Waals surface area (Å²) in [5, 5.41) is 5.07. The maximum absolute atomic E-state index is 12.5. The molecule has 0 aliphatic carbocycles. The Kier molecular flexibility index (Phi) is 4.58. The lowest BCUT2D eigenvalue weighted by molar-refractivity contribution is -0.117. The Labute approximate surface area is 162 Å². The SMILES string of the molecule is COc1ccc([C@H]2C[C@@H](c3ccc(Cl)cc3)n3ncnc3N2C(C)=O)cc1. The van der Waals surface area contributed by atoms with Crippen molar-refractivity contribution in [2.45, 2.75) is 25.4 Å². The summed E-state index contributed by atoms with van der Waals surface area (Å²) in [7, 11) is 1.64. The fourth-order valence-corrected chi connectivity index (χ4v) is 3.75. The van der Waals surface area contributed by atoms with Gasteiger partial charge < -0.3 is 4.74 Å². The van der Waals surface area contributed by atoms with Gasteiger partial charge in [0.2, 0.25) is 11.9 Å². The summed E-state index contributed by atoms with van der Waals surface area (Å²) in [6.45, 7) is 1.55. The summed E-state index contributed by atoms with van der Waals surface area (Å²) in [6.07, 6.45) is 2.18. The second-order valence-electron chi connectivity index (χ2n) is 6.49. The van der Waals surface area contributed by atoms with Crippen molar-refractivity contribution >= 4 is 23.5 Å². The van der Waals surface area contributed by atoms with Crippen molar-refractivity contribution in [2.75, 3.05) is 12.0 Å². The van der Waals surface area contributed by atoms with Crippen LogP contribution in [0.3, 0.4) is 0 Å². The van der Waals surface area contributed by atoms with Crippen LogP contribution in [0.4, 0.5) is 5.95 Å². The molecule has 1 aliphatic rings. The molecule has 4 rings (SSSR count). The number of fused-ring (bicyclic) bond motifs is 1. The van der Waals surface area contributed by atoms with Gasteiger partial charge in [0.05, 0.1) is 19.2 Å². The summed E-state index contributed by atoms with van der Waals surface area (Å²) in [5.74, 6) is 1.26. The predicted octanol–water partition coefficient (Wildman–Crippen LogP) is 4.03. The highest BCUT2D eigenvalue weighted by atomic mass is 35.5. The number of anilines is 1. The van der Waals surface area contributed by atoms with E-state index in [1.54, 1.807) is 18.9 Å². The smallest absolute Gasteiger partial charge is 0.231 e. The predicted molar refractivity (Wildman–Crippen MR) is 103 cm³/mol. The number of benzene rings is 2. The highest BCUT2D eigenvalue weighted by molar-refractivity contribution is 6.30. The normalized spacial score (nSPS) is 18.9. The summed E-state index contributed by atoms with van der Waals surface area (Å²) in [4.78, 5) is 18.5. The van der Waals surface area contributed by atoms with Crippen LogP contribution in [0.25, 0.3) is 0 Å². The Bertz CT molecular complexity index is 953. The molecule has 0 unspecified atom stereocenters. The van der Waals surface area contributed by atoms with E-state index in [9.17, 15) is 4.79 Å². The van der Waals surface area contributed by atoms with Crippen molar-refractivity contribution in [3.05, 3.63) is 71.0 Å². The average Bonchev–Trinajstić information content (AvgIpc) is 3.17. The van der Waals surface area contributed by atoms with Crippen molar-refractivity contribution < 1.29 is 9.53 Å². The Hall–Kier alpha value is -2.86. The van der Waals surface area contributed by atoms with Gasteiger partial charge in [-0.2, -0.15) is 10.1 Å². The molecule has 3 aromatic rings. The van der Waals surface area contributed by atoms with Crippen LogP contribution in [0.2, 0.25) is 5.02 Å². The van der Waals surface area contributed by atoms with E-state index in [4.69, 9.17) is 16.3 Å². The minimum absolute atomic E-state index is 0.0394. The molecule has 138 valence electrons. The minimum Gasteiger partial charge on any atom is -0.497 e. The first-order chi connectivity index (χ1) is 13.1. The molecule has 0 bridgehead atoms. The van der Waals surface area contributed by atoms with Crippen molar-refractivity contribution in [2.24, 2.45) is 0 Å². The number of amides is 1. The number of carbonyl (C=O) groups excluding carboxylic acids is 1. The third-order valence-corrected chi connectivity index (χ3v) is 5.17. The van der Waals surface area contributed by atoms with Gasteiger partial charge in [0.15, 0.2) is 0 Å². The number of ether oxygens (including phenoxy) is 1. The van der Waals surface area contributed by atoms with Crippen LogP contribution in [0.5, 0.6) is 5.75 Å². The fraction of sp³-hybridized carbons (Fsp3) is 0.250. The molecule has 0 N–H and O–H groups in total. The molecular weight excluding hydrogens is 364 g/mol. The zero-order valence-corrected chi connectivity index (χ0v) is 15.8. The fourth-order valence-electron chi connectivity index (χ4n) is 3.63. The maximum atomic E-state index is 12.5. The highest BCUT2D eigenvalue weighted by Gasteiger charge is 2.38. The van der Waals surface area contributed by atoms with Gasteiger partial charge in [-0.25, -0.2) is 4.68 Å². The molecule has 7 heteroatoms. The molecule has 2 atom stereocenters. The standard InChI is InChI=1S/C20H19ClN4O2/c1-13(26)24-18(14-5-9-17(27-2)10-6-14)11-19(25-20(24)22-12-23-25)15-3-7-16(21)8-4-15/h3-10,12,18-19H,11H2,1-2H3/t18-,19+/m1/s1. The summed E-state index contributed by atoms with van der Waals surface area (Å²) < 4.78 is 7.07. The summed E-state index contributed by atoms with van der Waals surface area (Å²) in [5.41, 5.74) is 2.10. The van der Waals surface area contributed by atoms with E-state index < -0.39 is 0 Å². The number of carbonyl (C=O) groups is 1. The Morgan fingerprint density at radius 2 is 1.70 bits per heavy atom. The molecule has 0 radical (unpaired) electrons. The van der Waals surface area contributed by atoms with Crippen molar-refractivity contribution in [1.82, 2.24) is 14.8 Å². The van der Waals surface area contributed by atoms with E-state index in [1.807, 2.05) is 53.2 Å². The van der Waals surface area contributed by atoms with Crippen LogP contribution in [-0.2, 0) is 4.79 Å². The second-order valence-corrected chi connectivity index (χ2v) is 6.92. The molecule has 1 aliphatic heterocycles. The lowest BCUT2D eigenvalue weighted by Gasteiger charge is -2.38. The first-order valence-corrected chi connectivity index (χ1v) is 9.05. The molecule has 1 aromatic heterocycles. The van der Waals surface area contributed by atoms with Crippen LogP contribution in [0.15, 0.2) is 54.9 Å². The zero-order valence-electron chi connectivity index (χ0n) is 15.0. The molecule has 2 heterocycles. The van der Waals surface area contributed by atoms with Crippen LogP contribution < -0.4 is 9.64 Å². The first-order valence-electron chi connectivity index (χ1n) is 8.67. The quantitative estimate of drug-likeness (QED) is 0.686. The monoisotopic (exact) mass is 382 g/mol. The average molecular weight is 383 g/mol. The first kappa shape index (κ1) is 17.5. The van der Waals surface area contributed by atoms with Crippen molar-refractivity contribution in [1.29, 1.82) is 0 Å². The summed E-state index contributed by atoms with van der Waals surface area (Å²) >= 11 is 6.05. The zero-order chi connectivity index (χ0) is 19.0. The van der Waals surface area contributed by atoms with Crippen molar-refractivity contribution in [3.8, 4) is 5.75 Å². The van der Waals surface area contributed by atoms with Crippen LogP contribution in [0.1, 0.15) is 36.6 Å². The third kappa shape index (κ3) is 3.17. The number of hydrogen-bond donors (Lipinski definition) is 0. The number of rotatable bonds is 3. The van der Waals surface area contributed by atoms with Gasteiger partial charge in [-0.3, -0.25) is 9.69 Å². The Morgan fingerprint density at radius 1 is 1.07 bits per heavy atom. The number of halogens is 1. The molecule has 2 aromatic carbocycles. The van der Waals surface area contributed by atoms with Gasteiger partial charge in [-0.1, -0.05) is 35.9 Å². The van der Waals surface area contributed by atoms with Crippen LogP contribution in [-0.4, -0.2) is 27.8 Å². The lowest BCUT2D eigenvalue weighted by atomic mass is 9.92. The van der Waals surface area contributed by atoms with E-state index >= 15 is 0 Å². The van der Waals surface area contributed by atoms with E-state index in [1.165, 1.54) is 6.33 Å². The van der Waals surface area contributed by atoms with Gasteiger partial charge >= 0.3 is 0 Å². The van der Waals surface area contributed by atoms with Crippen LogP contribution >= 0.6 is 11.6 Å². The van der Waals surface area contributed by atoms with E-state index in [0.29, 0.717) is 17.4 Å². The van der Waals surface area contributed by atoms with E-state index in [2.05, 4.69) is 10.1 Å². The molecule has 6 nitrogen and oxygen atoms in total. The second kappa shape index (κ2) is 7.04. The number of aromatic nitrogens is 3. The largest absolute Gasteiger partial charge is 0.497 e. The summed E-state index contributed by atoms with van der Waals surface area (Å²) in [6, 6.07) is 15.3. The van der Waals surface area contributed by atoms with Crippen molar-refractivity contribution in [3.63, 3.8) is 0 Å². The number of methoxy groups -OCH3 is 1. The molecule has 27 heavy (non-hydrogen) atoms. The minimum atomic E-state index is -0.147. The molecule has 0 fully saturated rings. The number of hydrogen-bond acceptors (Lipinski definition) is 4. The molecule has 1 amide bonds. The van der Waals surface area contributed by atoms with Gasteiger partial charge in [0.25, 0.3) is 0 Å². The molecule has 0 spiro atoms. The molecule has 0 saturated heterocycles. The molecule has 0 saturated carbocycles. The Morgan fingerprint density at radius 3 is 2.33 bits per heavy atom. The number of nitrogens with zero attached hydrogens (tertiary/aromatic N) is 4. The molecular formula is C20H19ClN4O2. The van der Waals surface area contributed by atoms with Gasteiger partial charge in [0.1, 0.15) is 12.1 Å². The van der Waals surface area contributed by atoms with Crippen LogP contribution in [0, 0.1) is 0 Å².